The van der Waals surface area contributed by atoms with Crippen LogP contribution in [0.15, 0.2) is 23.3 Å². The predicted molar refractivity (Wildman–Crippen MR) is 79.6 cm³/mol. The summed E-state index contributed by atoms with van der Waals surface area (Å²) in [6.45, 7) is 6.04. The van der Waals surface area contributed by atoms with Crippen LogP contribution >= 0.6 is 22.6 Å². The molecule has 18 heavy (non-hydrogen) atoms. The molecular formula is C13H14IN3O. The van der Waals surface area contributed by atoms with E-state index in [1.54, 1.807) is 12.4 Å². The zero-order valence-corrected chi connectivity index (χ0v) is 12.6. The first-order chi connectivity index (χ1) is 8.50. The number of nitrogens with one attached hydrogen (secondary N) is 1. The first kappa shape index (κ1) is 13.2. The van der Waals surface area contributed by atoms with Gasteiger partial charge >= 0.3 is 0 Å². The van der Waals surface area contributed by atoms with E-state index in [-0.39, 0.29) is 11.5 Å². The number of hydrogen-bond acceptors (Lipinski definition) is 3. The number of H-pyrrole nitrogens is 1. The van der Waals surface area contributed by atoms with Gasteiger partial charge in [0.25, 0.3) is 5.56 Å². The van der Waals surface area contributed by atoms with Crippen molar-refractivity contribution < 1.29 is 0 Å². The molecule has 2 aromatic rings. The van der Waals surface area contributed by atoms with E-state index in [1.807, 2.05) is 49.4 Å². The van der Waals surface area contributed by atoms with Crippen molar-refractivity contribution in [1.29, 1.82) is 0 Å². The van der Waals surface area contributed by atoms with E-state index in [0.29, 0.717) is 9.39 Å². The molecule has 0 aliphatic carbocycles. The summed E-state index contributed by atoms with van der Waals surface area (Å²) in [6, 6.07) is 1.91. The smallest absolute Gasteiger partial charge is 0.264 e. The summed E-state index contributed by atoms with van der Waals surface area (Å²) in [6.07, 6.45) is 3.46. The summed E-state index contributed by atoms with van der Waals surface area (Å²) in [5, 5.41) is 0. The van der Waals surface area contributed by atoms with Gasteiger partial charge in [-0.25, -0.2) is 4.98 Å². The van der Waals surface area contributed by atoms with Crippen LogP contribution in [0.2, 0.25) is 0 Å². The fourth-order valence-corrected chi connectivity index (χ4v) is 2.58. The van der Waals surface area contributed by atoms with E-state index >= 15 is 0 Å². The molecule has 0 bridgehead atoms. The third-order valence-corrected chi connectivity index (χ3v) is 3.77. The Morgan fingerprint density at radius 1 is 1.39 bits per heavy atom. The molecule has 0 fully saturated rings. The van der Waals surface area contributed by atoms with Gasteiger partial charge in [0.2, 0.25) is 0 Å². The number of rotatable bonds is 2. The first-order valence-corrected chi connectivity index (χ1v) is 6.79. The van der Waals surface area contributed by atoms with Gasteiger partial charge in [-0.05, 0) is 47.1 Å². The first-order valence-electron chi connectivity index (χ1n) is 5.71. The van der Waals surface area contributed by atoms with E-state index in [0.717, 1.165) is 16.8 Å². The highest BCUT2D eigenvalue weighted by Crippen LogP contribution is 2.21. The quantitative estimate of drug-likeness (QED) is 0.843. The fourth-order valence-electron chi connectivity index (χ4n) is 1.70. The lowest BCUT2D eigenvalue weighted by Gasteiger charge is -2.10. The van der Waals surface area contributed by atoms with Crippen molar-refractivity contribution in [2.24, 2.45) is 0 Å². The van der Waals surface area contributed by atoms with Crippen molar-refractivity contribution in [2.45, 2.75) is 26.7 Å². The molecular weight excluding hydrogens is 341 g/mol. The van der Waals surface area contributed by atoms with E-state index in [1.165, 1.54) is 0 Å². The predicted octanol–water partition coefficient (Wildman–Crippen LogP) is 2.87. The average Bonchev–Trinajstić information content (AvgIpc) is 2.33. The maximum absolute atomic E-state index is 11.9. The topological polar surface area (TPSA) is 58.6 Å². The van der Waals surface area contributed by atoms with Crippen molar-refractivity contribution in [1.82, 2.24) is 15.0 Å². The molecule has 4 nitrogen and oxygen atoms in total. The lowest BCUT2D eigenvalue weighted by Crippen LogP contribution is -2.17. The van der Waals surface area contributed by atoms with Crippen molar-refractivity contribution in [3.05, 3.63) is 43.6 Å². The van der Waals surface area contributed by atoms with Gasteiger partial charge in [0.1, 0.15) is 5.82 Å². The normalized spacial score (nSPS) is 10.9. The highest BCUT2D eigenvalue weighted by atomic mass is 127. The zero-order valence-electron chi connectivity index (χ0n) is 10.5. The minimum absolute atomic E-state index is 0.0902. The van der Waals surface area contributed by atoms with Crippen LogP contribution in [0.25, 0.3) is 11.4 Å². The fraction of sp³-hybridized carbons (Fsp3) is 0.308. The molecule has 5 heteroatoms. The van der Waals surface area contributed by atoms with Gasteiger partial charge in [-0.1, -0.05) is 13.8 Å². The Balaban J connectivity index is 2.67. The molecule has 0 spiro atoms. The Morgan fingerprint density at radius 3 is 2.72 bits per heavy atom. The molecule has 0 radical (unpaired) electrons. The Morgan fingerprint density at radius 2 is 2.11 bits per heavy atom. The van der Waals surface area contributed by atoms with Crippen LogP contribution in [-0.2, 0) is 0 Å². The summed E-state index contributed by atoms with van der Waals surface area (Å²) in [5.41, 5.74) is 2.65. The van der Waals surface area contributed by atoms with E-state index in [2.05, 4.69) is 15.0 Å². The van der Waals surface area contributed by atoms with Gasteiger partial charge < -0.3 is 4.98 Å². The van der Waals surface area contributed by atoms with E-state index < -0.39 is 0 Å². The van der Waals surface area contributed by atoms with Gasteiger partial charge in [0.15, 0.2) is 0 Å². The molecule has 0 atom stereocenters. The summed E-state index contributed by atoms with van der Waals surface area (Å²) in [7, 11) is 0. The van der Waals surface area contributed by atoms with Gasteiger partial charge in [-0.2, -0.15) is 0 Å². The largest absolute Gasteiger partial charge is 0.306 e. The molecule has 2 aromatic heterocycles. The molecule has 0 aromatic carbocycles. The van der Waals surface area contributed by atoms with Crippen LogP contribution in [-0.4, -0.2) is 15.0 Å². The molecule has 0 unspecified atom stereocenters. The number of halogens is 1. The highest BCUT2D eigenvalue weighted by molar-refractivity contribution is 14.1. The minimum atomic E-state index is -0.0902. The summed E-state index contributed by atoms with van der Waals surface area (Å²) in [4.78, 5) is 23.4. The third-order valence-electron chi connectivity index (χ3n) is 2.73. The van der Waals surface area contributed by atoms with Gasteiger partial charge in [-0.3, -0.25) is 9.78 Å². The zero-order chi connectivity index (χ0) is 13.3. The summed E-state index contributed by atoms with van der Waals surface area (Å²) in [5.74, 6) is 0.810. The van der Waals surface area contributed by atoms with Crippen molar-refractivity contribution in [3.63, 3.8) is 0 Å². The molecule has 94 valence electrons. The Hall–Kier alpha value is -1.24. The highest BCUT2D eigenvalue weighted by Gasteiger charge is 2.14. The molecule has 0 saturated heterocycles. The van der Waals surface area contributed by atoms with Crippen molar-refractivity contribution >= 4 is 22.6 Å². The number of hydrogen-bond donors (Lipinski definition) is 1. The van der Waals surface area contributed by atoms with Crippen LogP contribution in [0.3, 0.4) is 0 Å². The van der Waals surface area contributed by atoms with Crippen molar-refractivity contribution in [2.75, 3.05) is 0 Å². The van der Waals surface area contributed by atoms with Crippen LogP contribution in [0, 0.1) is 10.5 Å². The third kappa shape index (κ3) is 2.45. The monoisotopic (exact) mass is 355 g/mol. The Labute approximate surface area is 119 Å². The lowest BCUT2D eigenvalue weighted by molar-refractivity contribution is 0.802. The molecule has 1 N–H and O–H groups in total. The second kappa shape index (κ2) is 5.17. The second-order valence-corrected chi connectivity index (χ2v) is 5.54. The standard InChI is InChI=1S/C13H14IN3O/c1-7(2)11-10(14)13(18)17-12(16-11)9-6-15-5-4-8(9)3/h4-7H,1-3H3,(H,16,17,18). The molecule has 0 aliphatic rings. The number of aromatic amines is 1. The maximum atomic E-state index is 11.9. The van der Waals surface area contributed by atoms with E-state index in [9.17, 15) is 4.79 Å². The van der Waals surface area contributed by atoms with E-state index in [4.69, 9.17) is 0 Å². The lowest BCUT2D eigenvalue weighted by atomic mass is 10.1. The van der Waals surface area contributed by atoms with Crippen LogP contribution in [0.4, 0.5) is 0 Å². The Kier molecular flexibility index (Phi) is 3.79. The van der Waals surface area contributed by atoms with Gasteiger partial charge in [-0.15, -0.1) is 0 Å². The van der Waals surface area contributed by atoms with Crippen LogP contribution in [0.1, 0.15) is 31.0 Å². The minimum Gasteiger partial charge on any atom is -0.306 e. The van der Waals surface area contributed by atoms with Gasteiger partial charge in [0, 0.05) is 18.0 Å². The van der Waals surface area contributed by atoms with Crippen LogP contribution < -0.4 is 5.56 Å². The molecule has 0 amide bonds. The van der Waals surface area contributed by atoms with Crippen molar-refractivity contribution in [3.8, 4) is 11.4 Å². The summed E-state index contributed by atoms with van der Waals surface area (Å²) < 4.78 is 0.660. The molecule has 2 heterocycles. The molecule has 0 aliphatic heterocycles. The second-order valence-electron chi connectivity index (χ2n) is 4.46. The number of pyridine rings is 1. The summed E-state index contributed by atoms with van der Waals surface area (Å²) >= 11 is 2.04. The average molecular weight is 355 g/mol. The number of aromatic nitrogens is 3. The van der Waals surface area contributed by atoms with Gasteiger partial charge in [0.05, 0.1) is 9.26 Å². The Bertz CT molecular complexity index is 634. The number of nitrogens with zero attached hydrogens (tertiary/aromatic N) is 2. The van der Waals surface area contributed by atoms with Crippen LogP contribution in [0.5, 0.6) is 0 Å². The maximum Gasteiger partial charge on any atom is 0.264 e. The molecule has 0 saturated carbocycles. The number of aryl methyl sites for hydroxylation is 1. The molecule has 2 rings (SSSR count). The SMILES string of the molecule is Cc1ccncc1-c1nc(C(C)C)c(I)c(=O)[nH]1.